The number of methoxy groups -OCH3 is 1. The van der Waals surface area contributed by atoms with Crippen molar-refractivity contribution in [2.24, 2.45) is 5.73 Å². The SMILES string of the molecule is C=CC=O.CC(C)=CN.CNC.COc1cc(N(C)CCN(C)C)c(N)cc1N. The number of likely N-dealkylation sites (N-methyl/N-ethyl adjacent to an activating group) is 2. The van der Waals surface area contributed by atoms with E-state index in [9.17, 15) is 0 Å². The molecule has 0 atom stereocenters. The molecule has 168 valence electrons. The van der Waals surface area contributed by atoms with Gasteiger partial charge in [0.1, 0.15) is 12.0 Å². The number of nitrogens with two attached hydrogens (primary N) is 3. The molecule has 1 rings (SSSR count). The van der Waals surface area contributed by atoms with E-state index < -0.39 is 0 Å². The normalized spacial score (nSPS) is 8.72. The molecule has 0 heterocycles. The van der Waals surface area contributed by atoms with Gasteiger partial charge in [-0.05, 0) is 60.4 Å². The van der Waals surface area contributed by atoms with E-state index in [0.29, 0.717) is 23.4 Å². The first-order valence-corrected chi connectivity index (χ1v) is 9.14. The molecule has 0 radical (unpaired) electrons. The lowest BCUT2D eigenvalue weighted by Gasteiger charge is -2.24. The number of ether oxygens (including phenoxy) is 1. The predicted molar refractivity (Wildman–Crippen MR) is 129 cm³/mol. The van der Waals surface area contributed by atoms with Crippen molar-refractivity contribution in [1.29, 1.82) is 0 Å². The lowest BCUT2D eigenvalue weighted by Crippen LogP contribution is -2.29. The smallest absolute Gasteiger partial charge is 0.143 e. The average molecular weight is 411 g/mol. The Balaban J connectivity index is -0.000000463. The summed E-state index contributed by atoms with van der Waals surface area (Å²) in [5, 5.41) is 2.75. The van der Waals surface area contributed by atoms with Gasteiger partial charge in [-0.1, -0.05) is 12.2 Å². The predicted octanol–water partition coefficient (Wildman–Crippen LogP) is 1.93. The molecule has 0 saturated heterocycles. The van der Waals surface area contributed by atoms with Crippen molar-refractivity contribution in [3.63, 3.8) is 0 Å². The van der Waals surface area contributed by atoms with Crippen molar-refractivity contribution < 1.29 is 9.53 Å². The molecule has 8 nitrogen and oxygen atoms in total. The fraction of sp³-hybridized carbons (Fsp3) is 0.476. The Morgan fingerprint density at radius 3 is 1.90 bits per heavy atom. The lowest BCUT2D eigenvalue weighted by atomic mass is 10.2. The number of nitrogens with one attached hydrogen (secondary N) is 1. The minimum absolute atomic E-state index is 0.565. The van der Waals surface area contributed by atoms with Gasteiger partial charge >= 0.3 is 0 Å². The van der Waals surface area contributed by atoms with Crippen LogP contribution in [-0.4, -0.2) is 66.6 Å². The van der Waals surface area contributed by atoms with Gasteiger partial charge in [0.05, 0.1) is 24.2 Å². The number of hydrogen-bond donors (Lipinski definition) is 4. The Morgan fingerprint density at radius 2 is 1.59 bits per heavy atom. The molecule has 1 aromatic rings. The number of anilines is 3. The van der Waals surface area contributed by atoms with Crippen LogP contribution in [0.15, 0.2) is 36.6 Å². The number of rotatable bonds is 6. The van der Waals surface area contributed by atoms with Gasteiger partial charge in [-0.2, -0.15) is 0 Å². The van der Waals surface area contributed by atoms with Crippen molar-refractivity contribution in [2.45, 2.75) is 13.8 Å². The molecule has 0 amide bonds. The second kappa shape index (κ2) is 20.0. The van der Waals surface area contributed by atoms with Crippen molar-refractivity contribution in [2.75, 3.05) is 71.8 Å². The Hall–Kier alpha value is -2.71. The summed E-state index contributed by atoms with van der Waals surface area (Å²) in [7, 11) is 11.4. The Kier molecular flexibility index (Phi) is 21.4. The molecule has 0 bridgehead atoms. The summed E-state index contributed by atoms with van der Waals surface area (Å²) in [5.41, 5.74) is 20.1. The third-order valence-electron chi connectivity index (χ3n) is 3.10. The van der Waals surface area contributed by atoms with Gasteiger partial charge in [0.2, 0.25) is 0 Å². The first-order valence-electron chi connectivity index (χ1n) is 9.14. The van der Waals surface area contributed by atoms with E-state index in [1.165, 1.54) is 6.08 Å². The summed E-state index contributed by atoms with van der Waals surface area (Å²) in [6.07, 6.45) is 3.42. The molecule has 0 aromatic heterocycles. The minimum Gasteiger partial charge on any atom is -0.495 e. The molecule has 0 aliphatic rings. The third kappa shape index (κ3) is 18.4. The highest BCUT2D eigenvalue weighted by Gasteiger charge is 2.10. The summed E-state index contributed by atoms with van der Waals surface area (Å²) in [5.74, 6) is 0.658. The standard InChI is InChI=1S/C12H22N4O.C4H9N.C3H4O.C2H7N/c1-15(2)5-6-16(3)11-8-12(17-4)10(14)7-9(11)13;1-4(2)3-5;1-2-3-4;1-3-2/h7-8H,5-6,13-14H2,1-4H3;3H,5H2,1-2H3;2-3H,1H2;3H,1-2H3. The fourth-order valence-corrected chi connectivity index (χ4v) is 1.58. The zero-order valence-electron chi connectivity index (χ0n) is 19.5. The highest BCUT2D eigenvalue weighted by Crippen LogP contribution is 2.32. The number of nitrogens with zero attached hydrogens (tertiary/aromatic N) is 2. The highest BCUT2D eigenvalue weighted by atomic mass is 16.5. The Morgan fingerprint density at radius 1 is 1.14 bits per heavy atom. The largest absolute Gasteiger partial charge is 0.495 e. The van der Waals surface area contributed by atoms with Gasteiger partial charge in [-0.15, -0.1) is 0 Å². The quantitative estimate of drug-likeness (QED) is 0.319. The van der Waals surface area contributed by atoms with Crippen LogP contribution in [0.25, 0.3) is 0 Å². The van der Waals surface area contributed by atoms with Crippen LogP contribution in [0.5, 0.6) is 5.75 Å². The van der Waals surface area contributed by atoms with E-state index in [-0.39, 0.29) is 0 Å². The topological polar surface area (TPSA) is 123 Å². The summed E-state index contributed by atoms with van der Waals surface area (Å²) < 4.78 is 5.20. The number of benzene rings is 1. The maximum atomic E-state index is 9.06. The van der Waals surface area contributed by atoms with Crippen LogP contribution in [0, 0.1) is 0 Å². The highest BCUT2D eigenvalue weighted by molar-refractivity contribution is 5.76. The zero-order valence-corrected chi connectivity index (χ0v) is 19.5. The summed E-state index contributed by atoms with van der Waals surface area (Å²) in [6, 6.07) is 3.61. The fourth-order valence-electron chi connectivity index (χ4n) is 1.58. The molecule has 0 saturated carbocycles. The van der Waals surface area contributed by atoms with Gasteiger partial charge in [0, 0.05) is 26.2 Å². The maximum absolute atomic E-state index is 9.06. The van der Waals surface area contributed by atoms with E-state index in [1.54, 1.807) is 19.4 Å². The van der Waals surface area contributed by atoms with Crippen molar-refractivity contribution in [3.05, 3.63) is 36.6 Å². The lowest BCUT2D eigenvalue weighted by molar-refractivity contribution is -0.104. The van der Waals surface area contributed by atoms with E-state index in [2.05, 4.69) is 21.7 Å². The number of carbonyl (C=O) groups excluding carboxylic acids is 1. The van der Waals surface area contributed by atoms with Crippen molar-refractivity contribution >= 4 is 23.3 Å². The molecule has 0 spiro atoms. The third-order valence-corrected chi connectivity index (χ3v) is 3.10. The average Bonchev–Trinajstić information content (AvgIpc) is 2.67. The number of allylic oxidation sites excluding steroid dienone is 2. The van der Waals surface area contributed by atoms with Crippen molar-refractivity contribution in [1.82, 2.24) is 10.2 Å². The van der Waals surface area contributed by atoms with E-state index in [4.69, 9.17) is 26.7 Å². The second-order valence-corrected chi connectivity index (χ2v) is 6.49. The molecule has 0 fully saturated rings. The van der Waals surface area contributed by atoms with E-state index >= 15 is 0 Å². The van der Waals surface area contributed by atoms with Crippen molar-refractivity contribution in [3.8, 4) is 5.75 Å². The summed E-state index contributed by atoms with van der Waals surface area (Å²) >= 11 is 0. The molecule has 1 aromatic carbocycles. The van der Waals surface area contributed by atoms with Gasteiger partial charge in [-0.25, -0.2) is 0 Å². The summed E-state index contributed by atoms with van der Waals surface area (Å²) in [4.78, 5) is 13.3. The summed E-state index contributed by atoms with van der Waals surface area (Å²) in [6.45, 7) is 8.88. The minimum atomic E-state index is 0.565. The zero-order chi connectivity index (χ0) is 23.4. The molecular formula is C21H42N6O2. The molecule has 7 N–H and O–H groups in total. The molecular weight excluding hydrogens is 368 g/mol. The van der Waals surface area contributed by atoms with Gasteiger partial charge in [0.25, 0.3) is 0 Å². The monoisotopic (exact) mass is 410 g/mol. The van der Waals surface area contributed by atoms with Crippen LogP contribution in [0.4, 0.5) is 17.1 Å². The van der Waals surface area contributed by atoms with Gasteiger partial charge in [-0.3, -0.25) is 4.79 Å². The number of aldehydes is 1. The first kappa shape index (κ1) is 31.0. The van der Waals surface area contributed by atoms with Gasteiger partial charge in [0.15, 0.2) is 0 Å². The number of hydrogen-bond acceptors (Lipinski definition) is 8. The first-order chi connectivity index (χ1) is 13.6. The molecule has 8 heteroatoms. The van der Waals surface area contributed by atoms with Crippen LogP contribution < -0.4 is 32.2 Å². The Bertz CT molecular complexity index is 579. The van der Waals surface area contributed by atoms with Crippen LogP contribution >= 0.6 is 0 Å². The molecule has 0 aliphatic heterocycles. The molecule has 0 unspecified atom stereocenters. The van der Waals surface area contributed by atoms with E-state index in [0.717, 1.165) is 24.4 Å². The van der Waals surface area contributed by atoms with Gasteiger partial charge < -0.3 is 37.1 Å². The number of carbonyl (C=O) groups is 1. The second-order valence-electron chi connectivity index (χ2n) is 6.49. The van der Waals surface area contributed by atoms with Crippen LogP contribution in [0.2, 0.25) is 0 Å². The molecule has 29 heavy (non-hydrogen) atoms. The number of nitrogen functional groups attached to an aromatic ring is 2. The Labute approximate surface area is 177 Å². The van der Waals surface area contributed by atoms with Crippen LogP contribution in [0.3, 0.4) is 0 Å². The van der Waals surface area contributed by atoms with Crippen LogP contribution in [0.1, 0.15) is 13.8 Å². The molecule has 0 aliphatic carbocycles. The maximum Gasteiger partial charge on any atom is 0.143 e. The van der Waals surface area contributed by atoms with E-state index in [1.807, 2.05) is 55.2 Å². The van der Waals surface area contributed by atoms with Crippen LogP contribution in [-0.2, 0) is 4.79 Å².